The standard InChI is InChI=1S/C25H32ClN3O4S/c1-18-12-14-22(15-13-18)34(32,33)28(3)17-24(30)29(16-20-8-4-7-11-23(20)26)19(2)25(31)27-21-9-5-6-10-21/h4,7-8,11-15,19,21H,5-6,9-10,16-17H2,1-3H3,(H,27,31). The van der Waals surface area contributed by atoms with Gasteiger partial charge in [0.05, 0.1) is 11.4 Å². The van der Waals surface area contributed by atoms with Crippen LogP contribution in [0.25, 0.3) is 0 Å². The third-order valence-electron chi connectivity index (χ3n) is 6.25. The predicted octanol–water partition coefficient (Wildman–Crippen LogP) is 3.75. The van der Waals surface area contributed by atoms with Crippen molar-refractivity contribution in [2.75, 3.05) is 13.6 Å². The van der Waals surface area contributed by atoms with Crippen LogP contribution in [0.4, 0.5) is 0 Å². The molecule has 1 fully saturated rings. The molecule has 9 heteroatoms. The van der Waals surface area contributed by atoms with E-state index >= 15 is 0 Å². The van der Waals surface area contributed by atoms with Crippen molar-refractivity contribution >= 4 is 33.4 Å². The van der Waals surface area contributed by atoms with E-state index in [1.807, 2.05) is 6.92 Å². The van der Waals surface area contributed by atoms with Crippen molar-refractivity contribution in [1.29, 1.82) is 0 Å². The minimum Gasteiger partial charge on any atom is -0.352 e. The van der Waals surface area contributed by atoms with E-state index in [-0.39, 0.29) is 23.4 Å². The van der Waals surface area contributed by atoms with E-state index in [9.17, 15) is 18.0 Å². The molecule has 2 amide bonds. The van der Waals surface area contributed by atoms with E-state index in [1.54, 1.807) is 43.3 Å². The van der Waals surface area contributed by atoms with Crippen molar-refractivity contribution in [2.45, 2.75) is 63.1 Å². The summed E-state index contributed by atoms with van der Waals surface area (Å²) in [5.74, 6) is -0.733. The molecular weight excluding hydrogens is 474 g/mol. The fraction of sp³-hybridized carbons (Fsp3) is 0.440. The molecule has 34 heavy (non-hydrogen) atoms. The normalized spacial score (nSPS) is 15.3. The highest BCUT2D eigenvalue weighted by Crippen LogP contribution is 2.21. The van der Waals surface area contributed by atoms with Gasteiger partial charge in [-0.15, -0.1) is 0 Å². The zero-order valence-electron chi connectivity index (χ0n) is 19.8. The number of likely N-dealkylation sites (N-methyl/N-ethyl adjacent to an activating group) is 1. The fourth-order valence-electron chi connectivity index (χ4n) is 4.04. The van der Waals surface area contributed by atoms with E-state index < -0.39 is 28.5 Å². The topological polar surface area (TPSA) is 86.8 Å². The quantitative estimate of drug-likeness (QED) is 0.562. The molecule has 1 unspecified atom stereocenters. The number of nitrogens with one attached hydrogen (secondary N) is 1. The molecule has 1 aliphatic rings. The van der Waals surface area contributed by atoms with Crippen molar-refractivity contribution in [3.63, 3.8) is 0 Å². The van der Waals surface area contributed by atoms with E-state index in [2.05, 4.69) is 5.32 Å². The minimum absolute atomic E-state index is 0.0934. The molecule has 0 radical (unpaired) electrons. The number of hydrogen-bond donors (Lipinski definition) is 1. The summed E-state index contributed by atoms with van der Waals surface area (Å²) in [5, 5.41) is 3.51. The van der Waals surface area contributed by atoms with Crippen LogP contribution < -0.4 is 5.32 Å². The molecule has 1 aliphatic carbocycles. The van der Waals surface area contributed by atoms with Crippen LogP contribution in [-0.2, 0) is 26.2 Å². The maximum Gasteiger partial charge on any atom is 0.243 e. The van der Waals surface area contributed by atoms with E-state index in [4.69, 9.17) is 11.6 Å². The molecule has 7 nitrogen and oxygen atoms in total. The smallest absolute Gasteiger partial charge is 0.243 e. The highest BCUT2D eigenvalue weighted by Gasteiger charge is 2.31. The van der Waals surface area contributed by atoms with Gasteiger partial charge in [0.1, 0.15) is 6.04 Å². The number of benzene rings is 2. The molecule has 0 aliphatic heterocycles. The molecule has 1 N–H and O–H groups in total. The van der Waals surface area contributed by atoms with Crippen molar-refractivity contribution in [2.24, 2.45) is 0 Å². The predicted molar refractivity (Wildman–Crippen MR) is 133 cm³/mol. The number of hydrogen-bond acceptors (Lipinski definition) is 4. The summed E-state index contributed by atoms with van der Waals surface area (Å²) in [4.78, 5) is 27.9. The molecule has 1 atom stereocenters. The Balaban J connectivity index is 1.80. The molecule has 3 rings (SSSR count). The van der Waals surface area contributed by atoms with Gasteiger partial charge in [0.25, 0.3) is 0 Å². The lowest BCUT2D eigenvalue weighted by molar-refractivity contribution is -0.140. The van der Waals surface area contributed by atoms with E-state index in [1.165, 1.54) is 24.1 Å². The monoisotopic (exact) mass is 505 g/mol. The summed E-state index contributed by atoms with van der Waals surface area (Å²) in [6.07, 6.45) is 4.00. The number of carbonyl (C=O) groups excluding carboxylic acids is 2. The lowest BCUT2D eigenvalue weighted by Gasteiger charge is -2.31. The van der Waals surface area contributed by atoms with Crippen LogP contribution in [-0.4, -0.2) is 55.1 Å². The lowest BCUT2D eigenvalue weighted by atomic mass is 10.1. The summed E-state index contributed by atoms with van der Waals surface area (Å²) in [6.45, 7) is 3.22. The molecule has 0 bridgehead atoms. The number of amides is 2. The van der Waals surface area contributed by atoms with Crippen LogP contribution in [0.3, 0.4) is 0 Å². The van der Waals surface area contributed by atoms with Crippen molar-refractivity contribution in [3.05, 3.63) is 64.7 Å². The SMILES string of the molecule is Cc1ccc(S(=O)(=O)N(C)CC(=O)N(Cc2ccccc2Cl)C(C)C(=O)NC2CCCC2)cc1. The molecule has 2 aromatic rings. The number of rotatable bonds is 9. The van der Waals surface area contributed by atoms with Gasteiger partial charge in [0.2, 0.25) is 21.8 Å². The Hall–Kier alpha value is -2.42. The number of aryl methyl sites for hydroxylation is 1. The first-order valence-electron chi connectivity index (χ1n) is 11.5. The Morgan fingerprint density at radius 1 is 1.09 bits per heavy atom. The van der Waals surface area contributed by atoms with Crippen LogP contribution in [0.15, 0.2) is 53.4 Å². The third kappa shape index (κ3) is 6.37. The van der Waals surface area contributed by atoms with E-state index in [0.717, 1.165) is 35.6 Å². The second kappa shape index (κ2) is 11.3. The van der Waals surface area contributed by atoms with Gasteiger partial charge < -0.3 is 10.2 Å². The summed E-state index contributed by atoms with van der Waals surface area (Å²) >= 11 is 6.32. The van der Waals surface area contributed by atoms with Crippen LogP contribution in [0.2, 0.25) is 5.02 Å². The summed E-state index contributed by atoms with van der Waals surface area (Å²) in [6, 6.07) is 12.9. The molecule has 0 aromatic heterocycles. The van der Waals surface area contributed by atoms with Gasteiger partial charge in [0.15, 0.2) is 0 Å². The molecule has 1 saturated carbocycles. The average molecular weight is 506 g/mol. The van der Waals surface area contributed by atoms with Crippen LogP contribution in [0.5, 0.6) is 0 Å². The van der Waals surface area contributed by atoms with Crippen LogP contribution >= 0.6 is 11.6 Å². The van der Waals surface area contributed by atoms with Gasteiger partial charge in [-0.3, -0.25) is 9.59 Å². The molecule has 0 spiro atoms. The minimum atomic E-state index is -3.87. The Morgan fingerprint density at radius 3 is 2.32 bits per heavy atom. The Bertz CT molecular complexity index is 1120. The highest BCUT2D eigenvalue weighted by molar-refractivity contribution is 7.89. The Kier molecular flexibility index (Phi) is 8.73. The first-order valence-corrected chi connectivity index (χ1v) is 13.3. The van der Waals surface area contributed by atoms with Crippen molar-refractivity contribution in [3.8, 4) is 0 Å². The highest BCUT2D eigenvalue weighted by atomic mass is 35.5. The summed E-state index contributed by atoms with van der Waals surface area (Å²) in [7, 11) is -2.51. The van der Waals surface area contributed by atoms with Crippen LogP contribution in [0, 0.1) is 6.92 Å². The summed E-state index contributed by atoms with van der Waals surface area (Å²) in [5.41, 5.74) is 1.62. The van der Waals surface area contributed by atoms with Gasteiger partial charge in [-0.2, -0.15) is 4.31 Å². The zero-order chi connectivity index (χ0) is 24.9. The maximum absolute atomic E-state index is 13.4. The Morgan fingerprint density at radius 2 is 1.71 bits per heavy atom. The maximum atomic E-state index is 13.4. The van der Waals surface area contributed by atoms with Crippen molar-refractivity contribution in [1.82, 2.24) is 14.5 Å². The number of halogens is 1. The second-order valence-corrected chi connectivity index (χ2v) is 11.3. The largest absolute Gasteiger partial charge is 0.352 e. The number of carbonyl (C=O) groups is 2. The molecular formula is C25H32ClN3O4S. The van der Waals surface area contributed by atoms with Gasteiger partial charge in [-0.1, -0.05) is 60.3 Å². The zero-order valence-corrected chi connectivity index (χ0v) is 21.4. The van der Waals surface area contributed by atoms with Gasteiger partial charge in [-0.25, -0.2) is 8.42 Å². The first-order chi connectivity index (χ1) is 16.1. The molecule has 184 valence electrons. The third-order valence-corrected chi connectivity index (χ3v) is 8.44. The summed E-state index contributed by atoms with van der Waals surface area (Å²) < 4.78 is 27.0. The van der Waals surface area contributed by atoms with Crippen LogP contribution in [0.1, 0.15) is 43.7 Å². The molecule has 0 heterocycles. The number of nitrogens with zero attached hydrogens (tertiary/aromatic N) is 2. The van der Waals surface area contributed by atoms with E-state index in [0.29, 0.717) is 10.6 Å². The number of sulfonamides is 1. The first kappa shape index (κ1) is 26.2. The second-order valence-electron chi connectivity index (χ2n) is 8.85. The van der Waals surface area contributed by atoms with Crippen molar-refractivity contribution < 1.29 is 18.0 Å². The van der Waals surface area contributed by atoms with Gasteiger partial charge >= 0.3 is 0 Å². The fourth-order valence-corrected chi connectivity index (χ4v) is 5.36. The van der Waals surface area contributed by atoms with Gasteiger partial charge in [0, 0.05) is 24.7 Å². The Labute approximate surface area is 207 Å². The van der Waals surface area contributed by atoms with Gasteiger partial charge in [-0.05, 0) is 50.5 Å². The average Bonchev–Trinajstić information content (AvgIpc) is 3.31. The molecule has 2 aromatic carbocycles. The molecule has 0 saturated heterocycles. The lowest BCUT2D eigenvalue weighted by Crippen LogP contribution is -2.52.